The number of phenols is 1. The summed E-state index contributed by atoms with van der Waals surface area (Å²) in [6.07, 6.45) is -4.06. The summed E-state index contributed by atoms with van der Waals surface area (Å²) >= 11 is 5.59. The van der Waals surface area contributed by atoms with Crippen LogP contribution in [0.3, 0.4) is 0 Å². The summed E-state index contributed by atoms with van der Waals surface area (Å²) in [5.41, 5.74) is -0.127. The van der Waals surface area contributed by atoms with Crippen molar-refractivity contribution >= 4 is 29.4 Å². The second-order valence-corrected chi connectivity index (χ2v) is 5.33. The number of carbonyl (C=O) groups excluding carboxylic acids is 1. The molecule has 0 aliphatic carbocycles. The number of carbonyl (C=O) groups is 1. The topological polar surface area (TPSA) is 105 Å². The largest absolute Gasteiger partial charge is 0.507 e. The Balaban J connectivity index is 2.21. The molecule has 0 bridgehead atoms. The van der Waals surface area contributed by atoms with Gasteiger partial charge in [0.1, 0.15) is 5.75 Å². The Bertz CT molecular complexity index is 900. The van der Waals surface area contributed by atoms with Crippen molar-refractivity contribution < 1.29 is 28.0 Å². The predicted molar refractivity (Wildman–Crippen MR) is 86.3 cm³/mol. The number of nitro groups is 1. The Morgan fingerprint density at radius 1 is 1.31 bits per heavy atom. The minimum atomic E-state index is -4.83. The SMILES string of the molecule is O=C(NN=Cc1cc(Cl)cc(C(F)(F)F)c1O)c1cccc([N+](=O)[O-])c1. The van der Waals surface area contributed by atoms with E-state index in [-0.39, 0.29) is 21.8 Å². The normalized spacial score (nSPS) is 11.5. The van der Waals surface area contributed by atoms with Crippen LogP contribution in [-0.4, -0.2) is 22.2 Å². The van der Waals surface area contributed by atoms with E-state index in [1.807, 2.05) is 5.43 Å². The molecular formula is C15H9ClF3N3O4. The number of hydrogen-bond donors (Lipinski definition) is 2. The quantitative estimate of drug-likeness (QED) is 0.473. The monoisotopic (exact) mass is 387 g/mol. The average Bonchev–Trinajstić information content (AvgIpc) is 2.56. The fourth-order valence-corrected chi connectivity index (χ4v) is 2.15. The van der Waals surface area contributed by atoms with E-state index in [0.717, 1.165) is 18.3 Å². The lowest BCUT2D eigenvalue weighted by Crippen LogP contribution is -2.17. The number of nitrogens with one attached hydrogen (secondary N) is 1. The highest BCUT2D eigenvalue weighted by Gasteiger charge is 2.35. The second-order valence-electron chi connectivity index (χ2n) is 4.90. The van der Waals surface area contributed by atoms with Gasteiger partial charge in [0.05, 0.1) is 16.7 Å². The van der Waals surface area contributed by atoms with Gasteiger partial charge >= 0.3 is 6.18 Å². The predicted octanol–water partition coefficient (Wildman–Crippen LogP) is 3.74. The van der Waals surface area contributed by atoms with Crippen molar-refractivity contribution in [2.45, 2.75) is 6.18 Å². The molecule has 0 heterocycles. The van der Waals surface area contributed by atoms with Gasteiger partial charge in [-0.15, -0.1) is 0 Å². The lowest BCUT2D eigenvalue weighted by Gasteiger charge is -2.11. The van der Waals surface area contributed by atoms with Gasteiger partial charge < -0.3 is 5.11 Å². The molecule has 2 aromatic rings. The molecule has 11 heteroatoms. The van der Waals surface area contributed by atoms with Crippen LogP contribution in [0.1, 0.15) is 21.5 Å². The second kappa shape index (κ2) is 7.40. The van der Waals surface area contributed by atoms with E-state index in [9.17, 15) is 33.2 Å². The first-order valence-corrected chi connectivity index (χ1v) is 7.15. The Morgan fingerprint density at radius 3 is 2.62 bits per heavy atom. The van der Waals surface area contributed by atoms with Crippen molar-refractivity contribution in [3.8, 4) is 5.75 Å². The molecule has 0 aliphatic heterocycles. The number of hydrogen-bond acceptors (Lipinski definition) is 5. The number of alkyl halides is 3. The number of amides is 1. The molecule has 0 saturated heterocycles. The van der Waals surface area contributed by atoms with Crippen LogP contribution >= 0.6 is 11.6 Å². The summed E-state index contributed by atoms with van der Waals surface area (Å²) < 4.78 is 38.4. The van der Waals surface area contributed by atoms with E-state index in [2.05, 4.69) is 5.10 Å². The zero-order valence-corrected chi connectivity index (χ0v) is 13.4. The molecule has 26 heavy (non-hydrogen) atoms. The number of nitrogens with zero attached hydrogens (tertiary/aromatic N) is 2. The minimum absolute atomic E-state index is 0.0809. The van der Waals surface area contributed by atoms with Crippen molar-refractivity contribution in [3.63, 3.8) is 0 Å². The number of nitro benzene ring substituents is 1. The van der Waals surface area contributed by atoms with Crippen LogP contribution in [0, 0.1) is 10.1 Å². The zero-order valence-electron chi connectivity index (χ0n) is 12.6. The third kappa shape index (κ3) is 4.48. The number of hydrazone groups is 1. The molecule has 7 nitrogen and oxygen atoms in total. The third-order valence-electron chi connectivity index (χ3n) is 3.10. The molecule has 0 saturated carbocycles. The van der Waals surface area contributed by atoms with Crippen molar-refractivity contribution in [2.24, 2.45) is 5.10 Å². The van der Waals surface area contributed by atoms with Crippen LogP contribution in [-0.2, 0) is 6.18 Å². The minimum Gasteiger partial charge on any atom is -0.507 e. The number of phenolic OH excluding ortho intramolecular Hbond substituents is 1. The highest BCUT2D eigenvalue weighted by molar-refractivity contribution is 6.31. The van der Waals surface area contributed by atoms with E-state index in [0.29, 0.717) is 6.07 Å². The van der Waals surface area contributed by atoms with Gasteiger partial charge in [0.15, 0.2) is 0 Å². The highest BCUT2D eigenvalue weighted by atomic mass is 35.5. The van der Waals surface area contributed by atoms with Crippen molar-refractivity contribution in [1.29, 1.82) is 0 Å². The van der Waals surface area contributed by atoms with Gasteiger partial charge in [-0.3, -0.25) is 14.9 Å². The lowest BCUT2D eigenvalue weighted by molar-refractivity contribution is -0.384. The first-order chi connectivity index (χ1) is 12.1. The smallest absolute Gasteiger partial charge is 0.420 e. The molecule has 2 aromatic carbocycles. The van der Waals surface area contributed by atoms with Gasteiger partial charge in [-0.05, 0) is 18.2 Å². The van der Waals surface area contributed by atoms with Crippen molar-refractivity contribution in [2.75, 3.05) is 0 Å². The fraction of sp³-hybridized carbons (Fsp3) is 0.0667. The van der Waals surface area contributed by atoms with E-state index < -0.39 is 28.3 Å². The van der Waals surface area contributed by atoms with Gasteiger partial charge in [0.2, 0.25) is 0 Å². The highest BCUT2D eigenvalue weighted by Crippen LogP contribution is 2.38. The van der Waals surface area contributed by atoms with Gasteiger partial charge in [-0.1, -0.05) is 17.7 Å². The molecule has 2 N–H and O–H groups in total. The molecular weight excluding hydrogens is 379 g/mol. The molecule has 0 fully saturated rings. The van der Waals surface area contributed by atoms with Gasteiger partial charge in [-0.25, -0.2) is 5.43 Å². The number of rotatable bonds is 4. The van der Waals surface area contributed by atoms with Crippen LogP contribution in [0.4, 0.5) is 18.9 Å². The standard InChI is InChI=1S/C15H9ClF3N3O4/c16-10-4-9(13(23)12(6-10)15(17,18)19)7-20-21-14(24)8-2-1-3-11(5-8)22(25)26/h1-7,23H,(H,21,24). The van der Waals surface area contributed by atoms with Crippen LogP contribution in [0.25, 0.3) is 0 Å². The number of halogens is 4. The molecule has 136 valence electrons. The molecule has 2 rings (SSSR count). The molecule has 0 unspecified atom stereocenters. The Morgan fingerprint density at radius 2 is 2.00 bits per heavy atom. The summed E-state index contributed by atoms with van der Waals surface area (Å²) in [5, 5.41) is 23.5. The fourth-order valence-electron chi connectivity index (χ4n) is 1.92. The first-order valence-electron chi connectivity index (χ1n) is 6.77. The van der Waals surface area contributed by atoms with Crippen molar-refractivity contribution in [3.05, 3.63) is 68.2 Å². The van der Waals surface area contributed by atoms with Crippen LogP contribution in [0.15, 0.2) is 41.5 Å². The maximum atomic E-state index is 12.8. The van der Waals surface area contributed by atoms with E-state index in [1.165, 1.54) is 18.2 Å². The number of non-ortho nitro benzene ring substituents is 1. The van der Waals surface area contributed by atoms with Crippen LogP contribution < -0.4 is 5.43 Å². The number of aromatic hydroxyl groups is 1. The molecule has 0 radical (unpaired) electrons. The van der Waals surface area contributed by atoms with Crippen LogP contribution in [0.2, 0.25) is 5.02 Å². The van der Waals surface area contributed by atoms with Crippen molar-refractivity contribution in [1.82, 2.24) is 5.43 Å². The maximum absolute atomic E-state index is 12.8. The van der Waals surface area contributed by atoms with Crippen LogP contribution in [0.5, 0.6) is 5.75 Å². The summed E-state index contributed by atoms with van der Waals surface area (Å²) in [6, 6.07) is 6.34. The lowest BCUT2D eigenvalue weighted by atomic mass is 10.1. The average molecular weight is 388 g/mol. The van der Waals surface area contributed by atoms with Gasteiger partial charge in [0, 0.05) is 28.3 Å². The molecule has 0 aromatic heterocycles. The van der Waals surface area contributed by atoms with E-state index in [4.69, 9.17) is 11.6 Å². The van der Waals surface area contributed by atoms with Gasteiger partial charge in [-0.2, -0.15) is 18.3 Å². The molecule has 1 amide bonds. The maximum Gasteiger partial charge on any atom is 0.420 e. The molecule has 0 spiro atoms. The Kier molecular flexibility index (Phi) is 5.46. The van der Waals surface area contributed by atoms with Gasteiger partial charge in [0.25, 0.3) is 11.6 Å². The molecule has 0 atom stereocenters. The van der Waals surface area contributed by atoms with E-state index >= 15 is 0 Å². The summed E-state index contributed by atoms with van der Waals surface area (Å²) in [6.45, 7) is 0. The Hall–Kier alpha value is -3.14. The Labute approximate surface area is 148 Å². The third-order valence-corrected chi connectivity index (χ3v) is 3.32. The zero-order chi connectivity index (χ0) is 19.5. The van der Waals surface area contributed by atoms with E-state index in [1.54, 1.807) is 0 Å². The summed E-state index contributed by atoms with van der Waals surface area (Å²) in [5.74, 6) is -1.93. The summed E-state index contributed by atoms with van der Waals surface area (Å²) in [4.78, 5) is 21.8. The first kappa shape index (κ1) is 19.2. The number of benzene rings is 2. The summed E-state index contributed by atoms with van der Waals surface area (Å²) in [7, 11) is 0. The molecule has 0 aliphatic rings.